The maximum Gasteiger partial charge on any atom is 0.331 e. The number of rotatable bonds is 1. The first kappa shape index (κ1) is 10.8. The average molecular weight is 202 g/mol. The molecule has 0 aliphatic carbocycles. The van der Waals surface area contributed by atoms with E-state index in [1.165, 1.54) is 7.11 Å². The maximum absolute atomic E-state index is 11.8. The van der Waals surface area contributed by atoms with Crippen molar-refractivity contribution in [3.05, 3.63) is 0 Å². The second kappa shape index (κ2) is 3.84. The van der Waals surface area contributed by atoms with Crippen molar-refractivity contribution in [1.29, 1.82) is 0 Å². The van der Waals surface area contributed by atoms with Crippen molar-refractivity contribution < 1.29 is 13.6 Å². The van der Waals surface area contributed by atoms with E-state index in [4.69, 9.17) is 15.5 Å². The predicted molar refractivity (Wildman–Crippen MR) is 51.5 cm³/mol. The largest absolute Gasteiger partial charge is 0.331 e. The van der Waals surface area contributed by atoms with Gasteiger partial charge in [0.1, 0.15) is 6.10 Å². The van der Waals surface area contributed by atoms with E-state index in [2.05, 4.69) is 5.92 Å². The molecular formula is C9H15O3P. The normalized spacial score (nSPS) is 45.5. The van der Waals surface area contributed by atoms with Crippen molar-refractivity contribution in [1.82, 2.24) is 0 Å². The highest BCUT2D eigenvalue weighted by Crippen LogP contribution is 2.55. The lowest BCUT2D eigenvalue weighted by molar-refractivity contribution is 0.107. The van der Waals surface area contributed by atoms with Crippen LogP contribution < -0.4 is 0 Å². The molecule has 0 aromatic rings. The summed E-state index contributed by atoms with van der Waals surface area (Å²) in [5.74, 6) is 3.02. The Labute approximate surface area is 79.3 Å². The van der Waals surface area contributed by atoms with Gasteiger partial charge in [-0.2, -0.15) is 0 Å². The highest BCUT2D eigenvalue weighted by Gasteiger charge is 2.40. The van der Waals surface area contributed by atoms with Gasteiger partial charge in [-0.05, 0) is 11.8 Å². The molecule has 4 heteroatoms. The summed E-state index contributed by atoms with van der Waals surface area (Å²) in [6.07, 6.45) is 5.36. The first-order valence-electron chi connectivity index (χ1n) is 4.31. The number of hydrogen-bond donors (Lipinski definition) is 0. The van der Waals surface area contributed by atoms with Gasteiger partial charge in [0.2, 0.25) is 0 Å². The molecule has 3 nitrogen and oxygen atoms in total. The molecule has 1 saturated heterocycles. The Hall–Kier alpha value is -0.290. The lowest BCUT2D eigenvalue weighted by Crippen LogP contribution is -2.32. The van der Waals surface area contributed by atoms with Gasteiger partial charge in [-0.15, -0.1) is 6.42 Å². The molecule has 0 radical (unpaired) electrons. The second-order valence-electron chi connectivity index (χ2n) is 3.51. The molecule has 0 aromatic carbocycles. The van der Waals surface area contributed by atoms with Crippen LogP contribution in [-0.2, 0) is 13.6 Å². The fourth-order valence-electron chi connectivity index (χ4n) is 1.43. The minimum absolute atomic E-state index is 0.238. The highest BCUT2D eigenvalue weighted by molar-refractivity contribution is 7.53. The van der Waals surface area contributed by atoms with Gasteiger partial charge in [0.15, 0.2) is 0 Å². The van der Waals surface area contributed by atoms with Crippen molar-refractivity contribution >= 4 is 7.60 Å². The van der Waals surface area contributed by atoms with Crippen molar-refractivity contribution in [2.24, 2.45) is 11.8 Å². The highest BCUT2D eigenvalue weighted by atomic mass is 31.2. The van der Waals surface area contributed by atoms with Gasteiger partial charge < -0.3 is 4.52 Å². The Morgan fingerprint density at radius 1 is 1.62 bits per heavy atom. The minimum atomic E-state index is -2.90. The molecule has 1 aliphatic heterocycles. The van der Waals surface area contributed by atoms with E-state index >= 15 is 0 Å². The third-order valence-electron chi connectivity index (χ3n) is 2.60. The molecule has 1 rings (SSSR count). The molecule has 1 heterocycles. The Bertz CT molecular complexity index is 269. The molecule has 4 unspecified atom stereocenters. The zero-order chi connectivity index (χ0) is 10.1. The monoisotopic (exact) mass is 202 g/mol. The van der Waals surface area contributed by atoms with E-state index in [1.807, 2.05) is 13.8 Å². The van der Waals surface area contributed by atoms with Gasteiger partial charge in [0.05, 0.1) is 6.16 Å². The summed E-state index contributed by atoms with van der Waals surface area (Å²) in [4.78, 5) is 0. The quantitative estimate of drug-likeness (QED) is 0.482. The van der Waals surface area contributed by atoms with E-state index in [0.29, 0.717) is 6.16 Å². The van der Waals surface area contributed by atoms with Crippen LogP contribution in [0, 0.1) is 24.2 Å². The summed E-state index contributed by atoms with van der Waals surface area (Å²) >= 11 is 0. The first-order chi connectivity index (χ1) is 6.02. The van der Waals surface area contributed by atoms with Crippen LogP contribution in [0.3, 0.4) is 0 Å². The predicted octanol–water partition coefficient (Wildman–Crippen LogP) is 2.13. The molecule has 4 atom stereocenters. The molecule has 0 bridgehead atoms. The molecule has 0 saturated carbocycles. The SMILES string of the molecule is C#CC1OP(=O)(OC)CC(C)C1C. The van der Waals surface area contributed by atoms with Gasteiger partial charge in [0.25, 0.3) is 0 Å². The summed E-state index contributed by atoms with van der Waals surface area (Å²) in [5, 5.41) is 0. The zero-order valence-corrected chi connectivity index (χ0v) is 9.08. The fraction of sp³-hybridized carbons (Fsp3) is 0.778. The van der Waals surface area contributed by atoms with E-state index < -0.39 is 7.60 Å². The average Bonchev–Trinajstić information content (AvgIpc) is 2.11. The third-order valence-corrected chi connectivity index (χ3v) is 4.73. The van der Waals surface area contributed by atoms with Crippen LogP contribution in [0.5, 0.6) is 0 Å². The zero-order valence-electron chi connectivity index (χ0n) is 8.19. The van der Waals surface area contributed by atoms with Crippen LogP contribution in [0.4, 0.5) is 0 Å². The summed E-state index contributed by atoms with van der Waals surface area (Å²) < 4.78 is 21.9. The molecule has 1 aliphatic rings. The first-order valence-corrected chi connectivity index (χ1v) is 6.04. The van der Waals surface area contributed by atoms with Crippen molar-refractivity contribution in [3.63, 3.8) is 0 Å². The van der Waals surface area contributed by atoms with Crippen molar-refractivity contribution in [2.45, 2.75) is 20.0 Å². The van der Waals surface area contributed by atoms with E-state index in [0.717, 1.165) is 0 Å². The Morgan fingerprint density at radius 2 is 2.23 bits per heavy atom. The standard InChI is InChI=1S/C9H15O3P/c1-5-9-8(3)7(2)6-13(10,11-4)12-9/h1,7-9H,6H2,2-4H3. The number of hydrogen-bond acceptors (Lipinski definition) is 3. The van der Waals surface area contributed by atoms with E-state index in [1.54, 1.807) is 0 Å². The van der Waals surface area contributed by atoms with Crippen LogP contribution in [-0.4, -0.2) is 19.4 Å². The van der Waals surface area contributed by atoms with Crippen molar-refractivity contribution in [3.8, 4) is 12.3 Å². The van der Waals surface area contributed by atoms with E-state index in [9.17, 15) is 4.57 Å². The summed E-state index contributed by atoms with van der Waals surface area (Å²) in [5.41, 5.74) is 0. The molecule has 0 aromatic heterocycles. The Kier molecular flexibility index (Phi) is 3.18. The van der Waals surface area contributed by atoms with Gasteiger partial charge in [-0.3, -0.25) is 9.09 Å². The van der Waals surface area contributed by atoms with E-state index in [-0.39, 0.29) is 17.9 Å². The van der Waals surface area contributed by atoms with Crippen molar-refractivity contribution in [2.75, 3.05) is 13.3 Å². The van der Waals surface area contributed by atoms with Gasteiger partial charge in [-0.1, -0.05) is 19.8 Å². The van der Waals surface area contributed by atoms with Gasteiger partial charge in [-0.25, -0.2) is 0 Å². The lowest BCUT2D eigenvalue weighted by Gasteiger charge is -2.35. The Balaban J connectivity index is 2.82. The molecule has 0 N–H and O–H groups in total. The smallest absolute Gasteiger partial charge is 0.312 e. The van der Waals surface area contributed by atoms with Crippen LogP contribution in [0.15, 0.2) is 0 Å². The summed E-state index contributed by atoms with van der Waals surface area (Å²) in [7, 11) is -1.50. The minimum Gasteiger partial charge on any atom is -0.312 e. The summed E-state index contributed by atoms with van der Waals surface area (Å²) in [6, 6.07) is 0. The maximum atomic E-state index is 11.8. The third kappa shape index (κ3) is 2.14. The molecule has 0 amide bonds. The topological polar surface area (TPSA) is 35.5 Å². The molecule has 74 valence electrons. The lowest BCUT2D eigenvalue weighted by atomic mass is 9.92. The molecule has 1 fully saturated rings. The summed E-state index contributed by atoms with van der Waals surface area (Å²) in [6.45, 7) is 4.03. The number of terminal acetylenes is 1. The van der Waals surface area contributed by atoms with Crippen LogP contribution in [0.2, 0.25) is 0 Å². The van der Waals surface area contributed by atoms with Gasteiger partial charge >= 0.3 is 7.60 Å². The van der Waals surface area contributed by atoms with Crippen LogP contribution >= 0.6 is 7.60 Å². The van der Waals surface area contributed by atoms with Crippen LogP contribution in [0.1, 0.15) is 13.8 Å². The molecule has 0 spiro atoms. The van der Waals surface area contributed by atoms with Crippen LogP contribution in [0.25, 0.3) is 0 Å². The second-order valence-corrected chi connectivity index (χ2v) is 5.67. The molecular weight excluding hydrogens is 187 g/mol. The molecule has 13 heavy (non-hydrogen) atoms. The Morgan fingerprint density at radius 3 is 2.69 bits per heavy atom. The fourth-order valence-corrected chi connectivity index (χ4v) is 3.39. The van der Waals surface area contributed by atoms with Gasteiger partial charge in [0, 0.05) is 7.11 Å².